The molecule has 1 atom stereocenters. The predicted molar refractivity (Wildman–Crippen MR) is 53.4 cm³/mol. The number of nitriles is 1. The molecule has 2 rings (SSSR count). The van der Waals surface area contributed by atoms with E-state index in [0.29, 0.717) is 0 Å². The largest absolute Gasteiger partial charge is 0.283 e. The SMILES string of the molecule is N#CC1CCCN1Cc1cccs1. The molecule has 0 N–H and O–H groups in total. The molecular formula is C10H12N2S. The van der Waals surface area contributed by atoms with E-state index < -0.39 is 0 Å². The average molecular weight is 192 g/mol. The molecule has 1 aliphatic rings. The van der Waals surface area contributed by atoms with Crippen LogP contribution in [0, 0.1) is 11.3 Å². The van der Waals surface area contributed by atoms with Crippen LogP contribution in [0.1, 0.15) is 17.7 Å². The number of likely N-dealkylation sites (tertiary alicyclic amines) is 1. The van der Waals surface area contributed by atoms with Gasteiger partial charge >= 0.3 is 0 Å². The van der Waals surface area contributed by atoms with Gasteiger partial charge in [-0.25, -0.2) is 0 Å². The summed E-state index contributed by atoms with van der Waals surface area (Å²) in [5.74, 6) is 0. The molecular weight excluding hydrogens is 180 g/mol. The summed E-state index contributed by atoms with van der Waals surface area (Å²) in [6, 6.07) is 6.71. The minimum absolute atomic E-state index is 0.155. The summed E-state index contributed by atoms with van der Waals surface area (Å²) in [5, 5.41) is 11.0. The maximum atomic E-state index is 8.88. The molecule has 3 heteroatoms. The monoisotopic (exact) mass is 192 g/mol. The molecule has 1 saturated heterocycles. The lowest BCUT2D eigenvalue weighted by atomic mass is 10.2. The van der Waals surface area contributed by atoms with Gasteiger partial charge in [0.2, 0.25) is 0 Å². The molecule has 0 saturated carbocycles. The number of nitrogens with zero attached hydrogens (tertiary/aromatic N) is 2. The Morgan fingerprint density at radius 1 is 1.69 bits per heavy atom. The molecule has 2 nitrogen and oxygen atoms in total. The maximum Gasteiger partial charge on any atom is 0.0981 e. The Morgan fingerprint density at radius 3 is 3.31 bits per heavy atom. The zero-order valence-corrected chi connectivity index (χ0v) is 8.26. The van der Waals surface area contributed by atoms with Gasteiger partial charge in [0.05, 0.1) is 12.1 Å². The Balaban J connectivity index is 1.99. The zero-order chi connectivity index (χ0) is 9.10. The molecule has 0 aromatic carbocycles. The normalized spacial score (nSPS) is 23.2. The van der Waals surface area contributed by atoms with Crippen molar-refractivity contribution in [2.45, 2.75) is 25.4 Å². The summed E-state index contributed by atoms with van der Waals surface area (Å²) in [4.78, 5) is 3.63. The van der Waals surface area contributed by atoms with E-state index in [1.807, 2.05) is 0 Å². The summed E-state index contributed by atoms with van der Waals surface area (Å²) in [6.45, 7) is 2.03. The van der Waals surface area contributed by atoms with Gasteiger partial charge in [-0.2, -0.15) is 5.26 Å². The smallest absolute Gasteiger partial charge is 0.0981 e. The first-order valence-electron chi connectivity index (χ1n) is 4.56. The van der Waals surface area contributed by atoms with Crippen LogP contribution in [0.2, 0.25) is 0 Å². The fourth-order valence-electron chi connectivity index (χ4n) is 1.76. The Bertz CT molecular complexity index is 299. The Morgan fingerprint density at radius 2 is 2.62 bits per heavy atom. The molecule has 1 fully saturated rings. The van der Waals surface area contributed by atoms with Crippen molar-refractivity contribution < 1.29 is 0 Å². The molecule has 0 amide bonds. The van der Waals surface area contributed by atoms with Crippen LogP contribution < -0.4 is 0 Å². The van der Waals surface area contributed by atoms with Crippen molar-refractivity contribution in [3.8, 4) is 6.07 Å². The lowest BCUT2D eigenvalue weighted by Gasteiger charge is -2.17. The van der Waals surface area contributed by atoms with Crippen LogP contribution >= 0.6 is 11.3 Å². The molecule has 1 aromatic rings. The van der Waals surface area contributed by atoms with Gasteiger partial charge in [-0.05, 0) is 30.8 Å². The highest BCUT2D eigenvalue weighted by atomic mass is 32.1. The molecule has 0 bridgehead atoms. The van der Waals surface area contributed by atoms with E-state index in [1.165, 1.54) is 11.3 Å². The van der Waals surface area contributed by atoms with Crippen molar-refractivity contribution in [3.05, 3.63) is 22.4 Å². The van der Waals surface area contributed by atoms with Gasteiger partial charge in [0.1, 0.15) is 0 Å². The number of hydrogen-bond donors (Lipinski definition) is 0. The van der Waals surface area contributed by atoms with Gasteiger partial charge < -0.3 is 0 Å². The van der Waals surface area contributed by atoms with E-state index in [-0.39, 0.29) is 6.04 Å². The lowest BCUT2D eigenvalue weighted by molar-refractivity contribution is 0.289. The Kier molecular flexibility index (Phi) is 2.62. The van der Waals surface area contributed by atoms with E-state index in [0.717, 1.165) is 19.5 Å². The van der Waals surface area contributed by atoms with Crippen molar-refractivity contribution in [1.29, 1.82) is 5.26 Å². The molecule has 1 aromatic heterocycles. The molecule has 2 heterocycles. The van der Waals surface area contributed by atoms with E-state index >= 15 is 0 Å². The number of hydrogen-bond acceptors (Lipinski definition) is 3. The zero-order valence-electron chi connectivity index (χ0n) is 7.44. The van der Waals surface area contributed by atoms with E-state index in [9.17, 15) is 0 Å². The van der Waals surface area contributed by atoms with Gasteiger partial charge in [-0.15, -0.1) is 11.3 Å². The van der Waals surface area contributed by atoms with Crippen molar-refractivity contribution in [3.63, 3.8) is 0 Å². The van der Waals surface area contributed by atoms with Crippen LogP contribution in [0.25, 0.3) is 0 Å². The molecule has 1 aliphatic heterocycles. The van der Waals surface area contributed by atoms with Crippen molar-refractivity contribution >= 4 is 11.3 Å². The van der Waals surface area contributed by atoms with Crippen molar-refractivity contribution in [2.75, 3.05) is 6.54 Å². The molecule has 13 heavy (non-hydrogen) atoms. The molecule has 0 radical (unpaired) electrons. The summed E-state index contributed by atoms with van der Waals surface area (Å²) >= 11 is 1.77. The minimum Gasteiger partial charge on any atom is -0.283 e. The van der Waals surface area contributed by atoms with Crippen LogP contribution in [-0.2, 0) is 6.54 Å². The molecule has 0 aliphatic carbocycles. The molecule has 0 spiro atoms. The highest BCUT2D eigenvalue weighted by Gasteiger charge is 2.23. The summed E-state index contributed by atoms with van der Waals surface area (Å²) in [7, 11) is 0. The van der Waals surface area contributed by atoms with Gasteiger partial charge in [-0.1, -0.05) is 6.07 Å². The maximum absolute atomic E-state index is 8.88. The summed E-state index contributed by atoms with van der Waals surface area (Å²) in [5.41, 5.74) is 0. The molecule has 68 valence electrons. The van der Waals surface area contributed by atoms with Crippen LogP contribution in [-0.4, -0.2) is 17.5 Å². The van der Waals surface area contributed by atoms with Crippen LogP contribution in [0.15, 0.2) is 17.5 Å². The first-order chi connectivity index (χ1) is 6.40. The quantitative estimate of drug-likeness (QED) is 0.718. The number of rotatable bonds is 2. The second-order valence-corrected chi connectivity index (χ2v) is 4.37. The van der Waals surface area contributed by atoms with Gasteiger partial charge in [0, 0.05) is 11.4 Å². The van der Waals surface area contributed by atoms with Crippen LogP contribution in [0.4, 0.5) is 0 Å². The predicted octanol–water partition coefficient (Wildman–Crippen LogP) is 2.24. The van der Waals surface area contributed by atoms with Crippen LogP contribution in [0.3, 0.4) is 0 Å². The first-order valence-corrected chi connectivity index (χ1v) is 5.44. The highest BCUT2D eigenvalue weighted by Crippen LogP contribution is 2.21. The van der Waals surface area contributed by atoms with Crippen molar-refractivity contribution in [1.82, 2.24) is 4.90 Å². The van der Waals surface area contributed by atoms with E-state index in [2.05, 4.69) is 28.5 Å². The molecule has 1 unspecified atom stereocenters. The topological polar surface area (TPSA) is 27.0 Å². The Labute approximate surface area is 82.4 Å². The highest BCUT2D eigenvalue weighted by molar-refractivity contribution is 7.09. The Hall–Kier alpha value is -0.850. The standard InChI is InChI=1S/C10H12N2S/c11-7-9-3-1-5-12(9)8-10-4-2-6-13-10/h2,4,6,9H,1,3,5,8H2. The second-order valence-electron chi connectivity index (χ2n) is 3.34. The second kappa shape index (κ2) is 3.91. The van der Waals surface area contributed by atoms with Crippen LogP contribution in [0.5, 0.6) is 0 Å². The minimum atomic E-state index is 0.155. The third-order valence-electron chi connectivity index (χ3n) is 2.45. The fraction of sp³-hybridized carbons (Fsp3) is 0.500. The van der Waals surface area contributed by atoms with E-state index in [4.69, 9.17) is 5.26 Å². The summed E-state index contributed by atoms with van der Waals surface area (Å²) < 4.78 is 0. The first kappa shape index (κ1) is 8.74. The van der Waals surface area contributed by atoms with E-state index in [1.54, 1.807) is 11.3 Å². The van der Waals surface area contributed by atoms with Gasteiger partial charge in [0.15, 0.2) is 0 Å². The third kappa shape index (κ3) is 1.90. The van der Waals surface area contributed by atoms with Crippen molar-refractivity contribution in [2.24, 2.45) is 0 Å². The third-order valence-corrected chi connectivity index (χ3v) is 3.31. The van der Waals surface area contributed by atoms with Gasteiger partial charge in [0.25, 0.3) is 0 Å². The number of thiophene rings is 1. The van der Waals surface area contributed by atoms with Gasteiger partial charge in [-0.3, -0.25) is 4.90 Å². The lowest BCUT2D eigenvalue weighted by Crippen LogP contribution is -2.26. The summed E-state index contributed by atoms with van der Waals surface area (Å²) in [6.07, 6.45) is 2.21. The average Bonchev–Trinajstić information content (AvgIpc) is 2.76. The fourth-order valence-corrected chi connectivity index (χ4v) is 2.49.